The van der Waals surface area contributed by atoms with Gasteiger partial charge < -0.3 is 4.74 Å². The fourth-order valence-corrected chi connectivity index (χ4v) is 1.43. The van der Waals surface area contributed by atoms with E-state index in [9.17, 15) is 0 Å². The van der Waals surface area contributed by atoms with Crippen LogP contribution >= 0.6 is 0 Å². The van der Waals surface area contributed by atoms with Crippen LogP contribution in [0.5, 0.6) is 0 Å². The number of hydrogen-bond donors (Lipinski definition) is 2. The van der Waals surface area contributed by atoms with E-state index in [1.807, 2.05) is 12.1 Å². The zero-order valence-electron chi connectivity index (χ0n) is 9.70. The Morgan fingerprint density at radius 1 is 1.41 bits per heavy atom. The van der Waals surface area contributed by atoms with Crippen molar-refractivity contribution < 1.29 is 22.5 Å². The fraction of sp³-hybridized carbons (Fsp3) is 0.556. The molecule has 1 aliphatic heterocycles. The van der Waals surface area contributed by atoms with E-state index in [-0.39, 0.29) is 0 Å². The first-order valence-corrected chi connectivity index (χ1v) is 9.04. The molecule has 0 bridgehead atoms. The third-order valence-electron chi connectivity index (χ3n) is 1.76. The van der Waals surface area contributed by atoms with Gasteiger partial charge in [-0.3, -0.25) is 9.11 Å². The molecule has 0 amide bonds. The van der Waals surface area contributed by atoms with E-state index in [0.717, 1.165) is 22.6 Å². The van der Waals surface area contributed by atoms with Gasteiger partial charge in [0.15, 0.2) is 0 Å². The van der Waals surface area contributed by atoms with E-state index in [4.69, 9.17) is 22.5 Å². The van der Waals surface area contributed by atoms with Crippen LogP contribution in [0.25, 0.3) is 0 Å². The molecule has 0 aromatic carbocycles. The minimum atomic E-state index is -3.83. The summed E-state index contributed by atoms with van der Waals surface area (Å²) >= 11 is 4.66. The third kappa shape index (κ3) is 16.5. The normalized spacial score (nSPS) is 14.4. The van der Waals surface area contributed by atoms with E-state index in [1.165, 1.54) is 40.8 Å². The zero-order valence-corrected chi connectivity index (χ0v) is 13.3. The molecule has 1 aliphatic rings. The quantitative estimate of drug-likeness (QED) is 0.762. The molecule has 0 saturated carbocycles. The van der Waals surface area contributed by atoms with Crippen LogP contribution in [0.15, 0.2) is 22.8 Å². The molecule has 0 unspecified atom stereocenters. The number of hydrogen-bond acceptors (Lipinski definition) is 4. The SMILES string of the molecule is C1CCOC1.O=S(O)(O)=S.[Na][CH2]c1ccco1. The van der Waals surface area contributed by atoms with Crippen LogP contribution in [0.1, 0.15) is 18.6 Å². The summed E-state index contributed by atoms with van der Waals surface area (Å²) in [6, 6.07) is 3.93. The van der Waals surface area contributed by atoms with Crippen LogP contribution in [0.4, 0.5) is 0 Å². The van der Waals surface area contributed by atoms with Gasteiger partial charge in [0.1, 0.15) is 0 Å². The topological polar surface area (TPSA) is 79.9 Å². The first kappa shape index (κ1) is 17.5. The molecular formula is C9H15NaO5S2. The molecule has 1 fully saturated rings. The Balaban J connectivity index is 0.000000232. The van der Waals surface area contributed by atoms with Gasteiger partial charge in [0.25, 0.3) is 9.05 Å². The molecule has 1 aromatic rings. The van der Waals surface area contributed by atoms with Gasteiger partial charge >= 0.3 is 60.2 Å². The second-order valence-electron chi connectivity index (χ2n) is 3.20. The van der Waals surface area contributed by atoms with Gasteiger partial charge in [-0.05, 0) is 12.8 Å². The Hall–Kier alpha value is 0.530. The third-order valence-corrected chi connectivity index (χ3v) is 2.45. The molecule has 0 atom stereocenters. The molecule has 0 radical (unpaired) electrons. The molecule has 5 nitrogen and oxygen atoms in total. The maximum absolute atomic E-state index is 9.11. The van der Waals surface area contributed by atoms with Crippen LogP contribution in [0.2, 0.25) is 0 Å². The number of ether oxygens (including phenoxy) is 1. The van der Waals surface area contributed by atoms with Crippen molar-refractivity contribution in [3.05, 3.63) is 24.2 Å². The van der Waals surface area contributed by atoms with E-state index in [1.54, 1.807) is 6.26 Å². The van der Waals surface area contributed by atoms with Crippen LogP contribution < -0.4 is 0 Å². The van der Waals surface area contributed by atoms with Crippen molar-refractivity contribution in [1.29, 1.82) is 0 Å². The van der Waals surface area contributed by atoms with Crippen LogP contribution in [-0.2, 0) is 28.6 Å². The van der Waals surface area contributed by atoms with Crippen molar-refractivity contribution in [2.24, 2.45) is 0 Å². The molecule has 17 heavy (non-hydrogen) atoms. The molecule has 1 aromatic heterocycles. The summed E-state index contributed by atoms with van der Waals surface area (Å²) in [4.78, 5) is 0. The molecule has 0 aliphatic carbocycles. The second kappa shape index (κ2) is 10.5. The van der Waals surface area contributed by atoms with Gasteiger partial charge in [0, 0.05) is 24.4 Å². The van der Waals surface area contributed by atoms with Gasteiger partial charge in [-0.25, -0.2) is 0 Å². The second-order valence-corrected chi connectivity index (χ2v) is 6.11. The Bertz CT molecular complexity index is 343. The van der Waals surface area contributed by atoms with Crippen molar-refractivity contribution in [2.75, 3.05) is 13.2 Å². The predicted octanol–water partition coefficient (Wildman–Crippen LogP) is 1.42. The molecule has 1 saturated heterocycles. The summed E-state index contributed by atoms with van der Waals surface area (Å²) in [6.45, 7) is 2.00. The monoisotopic (exact) mass is 290 g/mol. The molecular weight excluding hydrogens is 275 g/mol. The van der Waals surface area contributed by atoms with Crippen LogP contribution in [0, 0.1) is 0 Å². The Kier molecular flexibility index (Phi) is 10.8. The minimum absolute atomic E-state index is 1.00. The molecule has 0 spiro atoms. The summed E-state index contributed by atoms with van der Waals surface area (Å²) in [5.41, 5.74) is 0. The molecule has 2 rings (SSSR count). The van der Waals surface area contributed by atoms with Crippen molar-refractivity contribution in [3.63, 3.8) is 0 Å². The van der Waals surface area contributed by atoms with Crippen molar-refractivity contribution in [1.82, 2.24) is 0 Å². The summed E-state index contributed by atoms with van der Waals surface area (Å²) in [6.07, 6.45) is 4.27. The van der Waals surface area contributed by atoms with E-state index in [2.05, 4.69) is 11.2 Å². The van der Waals surface area contributed by atoms with Gasteiger partial charge in [-0.1, -0.05) is 0 Å². The first-order chi connectivity index (χ1) is 7.93. The van der Waals surface area contributed by atoms with Crippen molar-refractivity contribution in [3.8, 4) is 0 Å². The van der Waals surface area contributed by atoms with Gasteiger partial charge in [0.05, 0.1) is 0 Å². The fourth-order valence-electron chi connectivity index (χ4n) is 1.02. The standard InChI is InChI=1S/C5H5O.C4H8O.Na.H2O3S2/c1-5-3-2-4-6-5;1-2-4-5-3-1;;1-5(2,3)4/h2-4H,1H2;1-4H2;;(H2,1,2,3,4). The van der Waals surface area contributed by atoms with Crippen LogP contribution in [0.3, 0.4) is 0 Å². The Labute approximate surface area is 124 Å². The van der Waals surface area contributed by atoms with Gasteiger partial charge in [-0.2, -0.15) is 4.21 Å². The summed E-state index contributed by atoms with van der Waals surface area (Å²) < 4.78 is 35.0. The molecule has 2 N–H and O–H groups in total. The summed E-state index contributed by atoms with van der Waals surface area (Å²) in [5.74, 6) is 1.12. The van der Waals surface area contributed by atoms with E-state index < -0.39 is 9.05 Å². The summed E-state index contributed by atoms with van der Waals surface area (Å²) in [7, 11) is -3.83. The first-order valence-electron chi connectivity index (χ1n) is 5.23. The van der Waals surface area contributed by atoms with Crippen LogP contribution in [-0.4, -0.2) is 54.5 Å². The zero-order chi connectivity index (χ0) is 13.1. The Morgan fingerprint density at radius 3 is 2.12 bits per heavy atom. The predicted molar refractivity (Wildman–Crippen MR) is 69.0 cm³/mol. The number of furan rings is 1. The van der Waals surface area contributed by atoms with Gasteiger partial charge in [0.2, 0.25) is 0 Å². The van der Waals surface area contributed by atoms with E-state index in [0.29, 0.717) is 0 Å². The Morgan fingerprint density at radius 2 is 1.94 bits per heavy atom. The molecule has 2 heterocycles. The van der Waals surface area contributed by atoms with Crippen molar-refractivity contribution in [2.45, 2.75) is 16.5 Å². The summed E-state index contributed by atoms with van der Waals surface area (Å²) in [5, 5.41) is 0. The molecule has 94 valence electrons. The average Bonchev–Trinajstić information content (AvgIpc) is 2.92. The maximum atomic E-state index is 9.11. The molecule has 8 heteroatoms. The van der Waals surface area contributed by atoms with Crippen molar-refractivity contribution >= 4 is 48.2 Å². The number of rotatable bonds is 1. The van der Waals surface area contributed by atoms with E-state index >= 15 is 0 Å². The average molecular weight is 290 g/mol. The van der Waals surface area contributed by atoms with Gasteiger partial charge in [-0.15, -0.1) is 0 Å².